The molecule has 0 atom stereocenters. The molecule has 130 valence electrons. The van der Waals surface area contributed by atoms with Gasteiger partial charge in [0.05, 0.1) is 5.69 Å². The summed E-state index contributed by atoms with van der Waals surface area (Å²) in [5.41, 5.74) is 4.18. The fraction of sp³-hybridized carbons (Fsp3) is 0.0476. The van der Waals surface area contributed by atoms with Gasteiger partial charge in [0.1, 0.15) is 11.6 Å². The van der Waals surface area contributed by atoms with Crippen molar-refractivity contribution >= 4 is 32.9 Å². The monoisotopic (exact) mass is 348 g/mol. The summed E-state index contributed by atoms with van der Waals surface area (Å²) < 4.78 is 14.1. The second-order valence-electron chi connectivity index (χ2n) is 5.98. The minimum Gasteiger partial charge on any atom is -0.508 e. The van der Waals surface area contributed by atoms with E-state index in [1.54, 1.807) is 37.4 Å². The van der Waals surface area contributed by atoms with Crippen molar-refractivity contribution in [1.29, 1.82) is 0 Å². The number of nitrogens with one attached hydrogen (secondary N) is 2. The number of fused-ring (bicyclic) bond motifs is 2. The van der Waals surface area contributed by atoms with Gasteiger partial charge < -0.3 is 15.3 Å². The fourth-order valence-corrected chi connectivity index (χ4v) is 3.10. The standard InChI is InChI=1S/C21H17FN2O2/c1-23-20-12-16(10-14-6-4-8-18(22)21(14)20)26-24-19-11-15(25)9-13-5-2-3-7-17(13)19/h2-12,23-25H,1H3. The summed E-state index contributed by atoms with van der Waals surface area (Å²) in [6, 6.07) is 19.4. The summed E-state index contributed by atoms with van der Waals surface area (Å²) >= 11 is 0. The van der Waals surface area contributed by atoms with E-state index >= 15 is 0 Å². The molecule has 4 aromatic carbocycles. The zero-order valence-corrected chi connectivity index (χ0v) is 14.1. The van der Waals surface area contributed by atoms with Crippen LogP contribution < -0.4 is 15.6 Å². The molecule has 0 spiro atoms. The summed E-state index contributed by atoms with van der Waals surface area (Å²) in [5, 5.41) is 16.0. The summed E-state index contributed by atoms with van der Waals surface area (Å²) in [5.74, 6) is 0.386. The van der Waals surface area contributed by atoms with Crippen molar-refractivity contribution in [3.8, 4) is 11.5 Å². The summed E-state index contributed by atoms with van der Waals surface area (Å²) in [7, 11) is 1.74. The van der Waals surface area contributed by atoms with Gasteiger partial charge in [0.15, 0.2) is 5.75 Å². The molecular formula is C21H17FN2O2. The van der Waals surface area contributed by atoms with Crippen molar-refractivity contribution in [2.24, 2.45) is 0 Å². The van der Waals surface area contributed by atoms with Crippen molar-refractivity contribution in [2.45, 2.75) is 0 Å². The first-order valence-corrected chi connectivity index (χ1v) is 8.20. The molecule has 4 rings (SSSR count). The van der Waals surface area contributed by atoms with Crippen LogP contribution in [-0.2, 0) is 0 Å². The Bertz CT molecular complexity index is 1110. The molecule has 0 aliphatic carbocycles. The molecule has 0 unspecified atom stereocenters. The minimum atomic E-state index is -0.287. The normalized spacial score (nSPS) is 10.8. The van der Waals surface area contributed by atoms with Crippen LogP contribution in [0.3, 0.4) is 0 Å². The molecule has 0 aliphatic rings. The van der Waals surface area contributed by atoms with E-state index in [9.17, 15) is 9.50 Å². The van der Waals surface area contributed by atoms with Crippen LogP contribution in [0.2, 0.25) is 0 Å². The van der Waals surface area contributed by atoms with E-state index in [0.29, 0.717) is 22.5 Å². The number of rotatable bonds is 4. The molecule has 26 heavy (non-hydrogen) atoms. The molecule has 0 aromatic heterocycles. The lowest BCUT2D eigenvalue weighted by Crippen LogP contribution is -2.06. The third-order valence-corrected chi connectivity index (χ3v) is 4.29. The van der Waals surface area contributed by atoms with E-state index in [1.165, 1.54) is 6.07 Å². The Balaban J connectivity index is 1.71. The third-order valence-electron chi connectivity index (χ3n) is 4.29. The maximum atomic E-state index is 14.1. The number of phenolic OH excluding ortho intramolecular Hbond substituents is 1. The molecule has 0 aliphatic heterocycles. The van der Waals surface area contributed by atoms with Gasteiger partial charge in [-0.25, -0.2) is 9.87 Å². The van der Waals surface area contributed by atoms with Crippen molar-refractivity contribution in [1.82, 2.24) is 0 Å². The van der Waals surface area contributed by atoms with Gasteiger partial charge in [-0.1, -0.05) is 36.4 Å². The van der Waals surface area contributed by atoms with Gasteiger partial charge in [-0.3, -0.25) is 0 Å². The highest BCUT2D eigenvalue weighted by atomic mass is 19.1. The molecule has 0 amide bonds. The minimum absolute atomic E-state index is 0.145. The second kappa shape index (κ2) is 6.44. The lowest BCUT2D eigenvalue weighted by molar-refractivity contribution is 0.405. The van der Waals surface area contributed by atoms with Crippen molar-refractivity contribution in [2.75, 3.05) is 17.8 Å². The number of hydrogen-bond acceptors (Lipinski definition) is 4. The molecule has 0 saturated carbocycles. The topological polar surface area (TPSA) is 53.5 Å². The molecular weight excluding hydrogens is 331 g/mol. The van der Waals surface area contributed by atoms with Crippen LogP contribution in [0.4, 0.5) is 15.8 Å². The van der Waals surface area contributed by atoms with Gasteiger partial charge in [0, 0.05) is 35.6 Å². The molecule has 5 heteroatoms. The molecule has 4 nitrogen and oxygen atoms in total. The number of halogens is 1. The van der Waals surface area contributed by atoms with Crippen LogP contribution in [0.1, 0.15) is 0 Å². The third kappa shape index (κ3) is 2.84. The molecule has 0 heterocycles. The summed E-state index contributed by atoms with van der Waals surface area (Å²) in [4.78, 5) is 5.72. The van der Waals surface area contributed by atoms with E-state index in [1.807, 2.05) is 30.3 Å². The Kier molecular flexibility index (Phi) is 3.97. The smallest absolute Gasteiger partial charge is 0.157 e. The Hall–Kier alpha value is -3.47. The SMILES string of the molecule is CNc1cc(ONc2cc(O)cc3ccccc23)cc2cccc(F)c12. The van der Waals surface area contributed by atoms with E-state index in [0.717, 1.165) is 16.2 Å². The van der Waals surface area contributed by atoms with Crippen LogP contribution in [0.25, 0.3) is 21.5 Å². The number of benzene rings is 4. The zero-order chi connectivity index (χ0) is 18.1. The first-order valence-electron chi connectivity index (χ1n) is 8.20. The van der Waals surface area contributed by atoms with Gasteiger partial charge in [-0.15, -0.1) is 0 Å². The first kappa shape index (κ1) is 16.0. The maximum Gasteiger partial charge on any atom is 0.157 e. The van der Waals surface area contributed by atoms with E-state index in [2.05, 4.69) is 10.8 Å². The van der Waals surface area contributed by atoms with Crippen LogP contribution in [0, 0.1) is 5.82 Å². The van der Waals surface area contributed by atoms with Crippen LogP contribution >= 0.6 is 0 Å². The predicted octanol–water partition coefficient (Wildman–Crippen LogP) is 5.29. The Morgan fingerprint density at radius 2 is 1.69 bits per heavy atom. The average Bonchev–Trinajstić information content (AvgIpc) is 2.65. The highest BCUT2D eigenvalue weighted by Gasteiger charge is 2.10. The molecule has 0 radical (unpaired) electrons. The van der Waals surface area contributed by atoms with E-state index < -0.39 is 0 Å². The fourth-order valence-electron chi connectivity index (χ4n) is 3.10. The van der Waals surface area contributed by atoms with Gasteiger partial charge >= 0.3 is 0 Å². The lowest BCUT2D eigenvalue weighted by Gasteiger charge is -2.14. The zero-order valence-electron chi connectivity index (χ0n) is 14.1. The van der Waals surface area contributed by atoms with Crippen LogP contribution in [0.5, 0.6) is 11.5 Å². The molecule has 0 fully saturated rings. The summed E-state index contributed by atoms with van der Waals surface area (Å²) in [6.45, 7) is 0. The first-order chi connectivity index (χ1) is 12.7. The molecule has 0 bridgehead atoms. The Morgan fingerprint density at radius 3 is 2.54 bits per heavy atom. The van der Waals surface area contributed by atoms with Gasteiger partial charge in [0.25, 0.3) is 0 Å². The number of aromatic hydroxyl groups is 1. The maximum absolute atomic E-state index is 14.1. The summed E-state index contributed by atoms with van der Waals surface area (Å²) in [6.07, 6.45) is 0. The van der Waals surface area contributed by atoms with Crippen molar-refractivity contribution in [3.63, 3.8) is 0 Å². The second-order valence-corrected chi connectivity index (χ2v) is 5.98. The molecule has 0 saturated heterocycles. The predicted molar refractivity (Wildman–Crippen MR) is 103 cm³/mol. The number of phenols is 1. The van der Waals surface area contributed by atoms with E-state index in [-0.39, 0.29) is 11.6 Å². The number of hydrogen-bond donors (Lipinski definition) is 3. The largest absolute Gasteiger partial charge is 0.508 e. The quantitative estimate of drug-likeness (QED) is 0.439. The Morgan fingerprint density at radius 1 is 0.885 bits per heavy atom. The molecule has 4 aromatic rings. The highest BCUT2D eigenvalue weighted by Crippen LogP contribution is 2.33. The lowest BCUT2D eigenvalue weighted by atomic mass is 10.1. The number of anilines is 2. The van der Waals surface area contributed by atoms with Crippen molar-refractivity contribution < 1.29 is 14.3 Å². The van der Waals surface area contributed by atoms with Gasteiger partial charge in [-0.05, 0) is 29.0 Å². The molecule has 3 N–H and O–H groups in total. The van der Waals surface area contributed by atoms with Crippen LogP contribution in [-0.4, -0.2) is 12.2 Å². The van der Waals surface area contributed by atoms with Gasteiger partial charge in [-0.2, -0.15) is 0 Å². The van der Waals surface area contributed by atoms with Gasteiger partial charge in [0.2, 0.25) is 0 Å². The van der Waals surface area contributed by atoms with E-state index in [4.69, 9.17) is 4.84 Å². The Labute approximate surface area is 149 Å². The highest BCUT2D eigenvalue weighted by molar-refractivity contribution is 5.96. The average molecular weight is 348 g/mol. The van der Waals surface area contributed by atoms with Crippen LogP contribution in [0.15, 0.2) is 66.7 Å². The van der Waals surface area contributed by atoms with Crippen molar-refractivity contribution in [3.05, 3.63) is 72.5 Å².